The molecule has 0 rings (SSSR count). The number of hydrogen-bond acceptors (Lipinski definition) is 4. The minimum absolute atomic E-state index is 0.0295. The van der Waals surface area contributed by atoms with Gasteiger partial charge in [0.05, 0.1) is 25.2 Å². The number of hydrogen-bond donors (Lipinski definition) is 1. The molecule has 0 bridgehead atoms. The van der Waals surface area contributed by atoms with Crippen molar-refractivity contribution in [2.45, 2.75) is 59.2 Å². The minimum Gasteiger partial charge on any atom is -0.466 e. The SMILES string of the molecule is CCOC(=O)C[C@H](CC(C)C)O[C@@H](C)CCO. The van der Waals surface area contributed by atoms with Crippen LogP contribution in [0.25, 0.3) is 0 Å². The van der Waals surface area contributed by atoms with E-state index in [-0.39, 0.29) is 24.8 Å². The van der Waals surface area contributed by atoms with Crippen molar-refractivity contribution >= 4 is 5.97 Å². The Balaban J connectivity index is 4.17. The van der Waals surface area contributed by atoms with Crippen molar-refractivity contribution in [1.29, 1.82) is 0 Å². The Labute approximate surface area is 104 Å². The molecule has 0 heterocycles. The summed E-state index contributed by atoms with van der Waals surface area (Å²) >= 11 is 0. The van der Waals surface area contributed by atoms with Gasteiger partial charge in [0.25, 0.3) is 0 Å². The zero-order valence-corrected chi connectivity index (χ0v) is 11.4. The number of esters is 1. The molecule has 2 atom stereocenters. The average Bonchev–Trinajstić information content (AvgIpc) is 2.16. The van der Waals surface area contributed by atoms with Gasteiger partial charge >= 0.3 is 5.97 Å². The van der Waals surface area contributed by atoms with E-state index in [4.69, 9.17) is 14.6 Å². The number of rotatable bonds is 9. The molecule has 0 saturated heterocycles. The van der Waals surface area contributed by atoms with Gasteiger partial charge in [0.1, 0.15) is 0 Å². The Morgan fingerprint density at radius 3 is 2.41 bits per heavy atom. The van der Waals surface area contributed by atoms with Gasteiger partial charge in [-0.3, -0.25) is 4.79 Å². The lowest BCUT2D eigenvalue weighted by Crippen LogP contribution is -2.26. The maximum atomic E-state index is 11.4. The van der Waals surface area contributed by atoms with Crippen LogP contribution in [0.3, 0.4) is 0 Å². The first-order valence-electron chi connectivity index (χ1n) is 6.41. The number of carbonyl (C=O) groups excluding carboxylic acids is 1. The van der Waals surface area contributed by atoms with E-state index in [2.05, 4.69) is 13.8 Å². The van der Waals surface area contributed by atoms with Gasteiger partial charge in [-0.2, -0.15) is 0 Å². The van der Waals surface area contributed by atoms with E-state index in [1.165, 1.54) is 0 Å². The monoisotopic (exact) mass is 246 g/mol. The van der Waals surface area contributed by atoms with E-state index in [1.807, 2.05) is 6.92 Å². The van der Waals surface area contributed by atoms with Crippen LogP contribution in [-0.2, 0) is 14.3 Å². The molecule has 0 aliphatic carbocycles. The fourth-order valence-corrected chi connectivity index (χ4v) is 1.70. The first-order valence-corrected chi connectivity index (χ1v) is 6.41. The van der Waals surface area contributed by atoms with E-state index >= 15 is 0 Å². The topological polar surface area (TPSA) is 55.8 Å². The summed E-state index contributed by atoms with van der Waals surface area (Å²) in [6, 6.07) is 0. The predicted octanol–water partition coefficient (Wildman–Crippen LogP) is 2.14. The van der Waals surface area contributed by atoms with E-state index < -0.39 is 0 Å². The van der Waals surface area contributed by atoms with Gasteiger partial charge in [0.2, 0.25) is 0 Å². The molecule has 0 radical (unpaired) electrons. The highest BCUT2D eigenvalue weighted by Crippen LogP contribution is 2.15. The second-order valence-electron chi connectivity index (χ2n) is 4.72. The molecule has 0 unspecified atom stereocenters. The third kappa shape index (κ3) is 9.12. The molecule has 17 heavy (non-hydrogen) atoms. The van der Waals surface area contributed by atoms with Crippen LogP contribution >= 0.6 is 0 Å². The van der Waals surface area contributed by atoms with Crippen LogP contribution in [0.15, 0.2) is 0 Å². The van der Waals surface area contributed by atoms with Crippen molar-refractivity contribution in [2.75, 3.05) is 13.2 Å². The largest absolute Gasteiger partial charge is 0.466 e. The third-order valence-electron chi connectivity index (χ3n) is 2.39. The maximum Gasteiger partial charge on any atom is 0.308 e. The summed E-state index contributed by atoms with van der Waals surface area (Å²) in [4.78, 5) is 11.4. The highest BCUT2D eigenvalue weighted by molar-refractivity contribution is 5.69. The zero-order valence-electron chi connectivity index (χ0n) is 11.4. The first-order chi connectivity index (χ1) is 7.99. The van der Waals surface area contributed by atoms with Crippen LogP contribution in [-0.4, -0.2) is 36.5 Å². The number of aliphatic hydroxyl groups is 1. The molecule has 0 fully saturated rings. The van der Waals surface area contributed by atoms with Crippen LogP contribution in [0.2, 0.25) is 0 Å². The Hall–Kier alpha value is -0.610. The van der Waals surface area contributed by atoms with Gasteiger partial charge in [-0.25, -0.2) is 0 Å². The standard InChI is InChI=1S/C13H26O4/c1-5-16-13(15)9-12(8-10(2)3)17-11(4)6-7-14/h10-12,14H,5-9H2,1-4H3/t11-,12-/m0/s1. The smallest absolute Gasteiger partial charge is 0.308 e. The van der Waals surface area contributed by atoms with Crippen LogP contribution in [0.5, 0.6) is 0 Å². The molecule has 0 aliphatic heterocycles. The quantitative estimate of drug-likeness (QED) is 0.633. The first kappa shape index (κ1) is 16.4. The van der Waals surface area contributed by atoms with Crippen molar-refractivity contribution in [2.24, 2.45) is 5.92 Å². The Bertz CT molecular complexity index is 204. The maximum absolute atomic E-state index is 11.4. The molecule has 4 heteroatoms. The minimum atomic E-state index is -0.214. The van der Waals surface area contributed by atoms with Crippen LogP contribution in [0.4, 0.5) is 0 Å². The molecule has 102 valence electrons. The molecule has 0 amide bonds. The summed E-state index contributed by atoms with van der Waals surface area (Å²) < 4.78 is 10.7. The molecule has 0 spiro atoms. The molecule has 0 saturated carbocycles. The molecule has 0 aromatic heterocycles. The van der Waals surface area contributed by atoms with Crippen molar-refractivity contribution in [1.82, 2.24) is 0 Å². The second-order valence-corrected chi connectivity index (χ2v) is 4.72. The van der Waals surface area contributed by atoms with Crippen molar-refractivity contribution in [3.05, 3.63) is 0 Å². The lowest BCUT2D eigenvalue weighted by Gasteiger charge is -2.23. The highest BCUT2D eigenvalue weighted by atomic mass is 16.5. The summed E-state index contributed by atoms with van der Waals surface area (Å²) in [6.45, 7) is 8.41. The molecular weight excluding hydrogens is 220 g/mol. The normalized spacial score (nSPS) is 14.7. The van der Waals surface area contributed by atoms with Crippen LogP contribution in [0, 0.1) is 5.92 Å². The summed E-state index contributed by atoms with van der Waals surface area (Å²) in [5.41, 5.74) is 0. The van der Waals surface area contributed by atoms with Crippen molar-refractivity contribution in [3.63, 3.8) is 0 Å². The fraction of sp³-hybridized carbons (Fsp3) is 0.923. The molecule has 0 aromatic rings. The van der Waals surface area contributed by atoms with Gasteiger partial charge in [-0.05, 0) is 32.6 Å². The Morgan fingerprint density at radius 1 is 1.29 bits per heavy atom. The highest BCUT2D eigenvalue weighted by Gasteiger charge is 2.19. The summed E-state index contributed by atoms with van der Waals surface area (Å²) in [5.74, 6) is 0.255. The zero-order chi connectivity index (χ0) is 13.3. The summed E-state index contributed by atoms with van der Waals surface area (Å²) in [7, 11) is 0. The molecule has 1 N–H and O–H groups in total. The molecule has 0 aromatic carbocycles. The third-order valence-corrected chi connectivity index (χ3v) is 2.39. The second kappa shape index (κ2) is 9.42. The number of carbonyl (C=O) groups is 1. The molecule has 4 nitrogen and oxygen atoms in total. The number of ether oxygens (including phenoxy) is 2. The van der Waals surface area contributed by atoms with Crippen molar-refractivity contribution < 1.29 is 19.4 Å². The van der Waals surface area contributed by atoms with E-state index in [9.17, 15) is 4.79 Å². The fourth-order valence-electron chi connectivity index (χ4n) is 1.70. The van der Waals surface area contributed by atoms with Gasteiger partial charge < -0.3 is 14.6 Å². The average molecular weight is 246 g/mol. The lowest BCUT2D eigenvalue weighted by atomic mass is 10.0. The van der Waals surface area contributed by atoms with E-state index in [0.29, 0.717) is 25.4 Å². The summed E-state index contributed by atoms with van der Waals surface area (Å²) in [6.07, 6.45) is 1.57. The van der Waals surface area contributed by atoms with Crippen molar-refractivity contribution in [3.8, 4) is 0 Å². The van der Waals surface area contributed by atoms with E-state index in [0.717, 1.165) is 6.42 Å². The van der Waals surface area contributed by atoms with Crippen LogP contribution in [0.1, 0.15) is 47.0 Å². The van der Waals surface area contributed by atoms with Gasteiger partial charge in [-0.15, -0.1) is 0 Å². The molecule has 0 aliphatic rings. The summed E-state index contributed by atoms with van der Waals surface area (Å²) in [5, 5.41) is 8.83. The van der Waals surface area contributed by atoms with Gasteiger partial charge in [-0.1, -0.05) is 13.8 Å². The predicted molar refractivity (Wildman–Crippen MR) is 66.7 cm³/mol. The van der Waals surface area contributed by atoms with Gasteiger partial charge in [0, 0.05) is 6.61 Å². The number of aliphatic hydroxyl groups excluding tert-OH is 1. The van der Waals surface area contributed by atoms with Gasteiger partial charge in [0.15, 0.2) is 0 Å². The van der Waals surface area contributed by atoms with E-state index in [1.54, 1.807) is 6.92 Å². The molecular formula is C13H26O4. The Morgan fingerprint density at radius 2 is 1.94 bits per heavy atom. The Kier molecular flexibility index (Phi) is 9.09. The lowest BCUT2D eigenvalue weighted by molar-refractivity contribution is -0.147. The van der Waals surface area contributed by atoms with Crippen LogP contribution < -0.4 is 0 Å².